The maximum absolute atomic E-state index is 6.02. The van der Waals surface area contributed by atoms with Crippen LogP contribution in [0.5, 0.6) is 0 Å². The summed E-state index contributed by atoms with van der Waals surface area (Å²) in [6.07, 6.45) is 7.45. The molecule has 0 aliphatic carbocycles. The molecule has 4 heterocycles. The van der Waals surface area contributed by atoms with Crippen LogP contribution < -0.4 is 26.7 Å². The Hall–Kier alpha value is -0.320. The topological polar surface area (TPSA) is 80.4 Å². The molecule has 0 bridgehead atoms. The molecule has 0 saturated carbocycles. The van der Waals surface area contributed by atoms with Gasteiger partial charge in [-0.3, -0.25) is 30.6 Å². The highest BCUT2D eigenvalue weighted by atomic mass is 16.7. The average molecular weight is 355 g/mol. The van der Waals surface area contributed by atoms with Gasteiger partial charge in [0, 0.05) is 18.9 Å². The smallest absolute Gasteiger partial charge is 0.146 e. The molecule has 8 nitrogen and oxygen atoms in total. The summed E-state index contributed by atoms with van der Waals surface area (Å²) >= 11 is 0. The molecule has 4 rings (SSSR count). The largest absolute Gasteiger partial charge is 0.331 e. The van der Waals surface area contributed by atoms with Crippen LogP contribution in [-0.2, 0) is 4.84 Å². The molecule has 4 saturated heterocycles. The standard InChI is InChI=1S/C17H35N7O/c1-23(2)14-7-6-12(11-20-14)15-21-16(25-22-15)13-5-3-10-24(13)17-18-8-4-9-19-17/h12-22H,3-11H2,1-2H3/p+1. The van der Waals surface area contributed by atoms with Crippen LogP contribution >= 0.6 is 0 Å². The zero-order valence-electron chi connectivity index (χ0n) is 15.7. The first-order valence-corrected chi connectivity index (χ1v) is 10.1. The van der Waals surface area contributed by atoms with E-state index in [4.69, 9.17) is 4.84 Å². The van der Waals surface area contributed by atoms with Crippen LogP contribution in [0.15, 0.2) is 0 Å². The van der Waals surface area contributed by atoms with Crippen LogP contribution in [0.4, 0.5) is 0 Å². The summed E-state index contributed by atoms with van der Waals surface area (Å²) in [4.78, 5) is 10.9. The lowest BCUT2D eigenvalue weighted by molar-refractivity contribution is -0.721. The van der Waals surface area contributed by atoms with Gasteiger partial charge in [0.25, 0.3) is 0 Å². The van der Waals surface area contributed by atoms with Gasteiger partial charge in [-0.05, 0) is 52.9 Å². The monoisotopic (exact) mass is 354 g/mol. The minimum absolute atomic E-state index is 0.0876. The number of hydrogen-bond acceptors (Lipinski definition) is 7. The Kier molecular flexibility index (Phi) is 5.88. The molecule has 5 atom stereocenters. The molecular weight excluding hydrogens is 318 g/mol. The molecule has 0 aromatic carbocycles. The van der Waals surface area contributed by atoms with Gasteiger partial charge >= 0.3 is 0 Å². The molecule has 6 N–H and O–H groups in total. The summed E-state index contributed by atoms with van der Waals surface area (Å²) in [6, 6.07) is 0.433. The first kappa shape index (κ1) is 18.1. The fourth-order valence-electron chi connectivity index (χ4n) is 4.87. The van der Waals surface area contributed by atoms with Crippen LogP contribution in [-0.4, -0.2) is 81.0 Å². The van der Waals surface area contributed by atoms with Crippen molar-refractivity contribution in [2.24, 2.45) is 5.92 Å². The van der Waals surface area contributed by atoms with E-state index in [9.17, 15) is 0 Å². The van der Waals surface area contributed by atoms with Gasteiger partial charge in [-0.2, -0.15) is 5.48 Å². The van der Waals surface area contributed by atoms with Crippen molar-refractivity contribution in [3.8, 4) is 0 Å². The Morgan fingerprint density at radius 3 is 2.64 bits per heavy atom. The molecule has 8 heteroatoms. The molecule has 0 aromatic rings. The van der Waals surface area contributed by atoms with E-state index >= 15 is 0 Å². The van der Waals surface area contributed by atoms with Gasteiger partial charge in [0.2, 0.25) is 0 Å². The van der Waals surface area contributed by atoms with E-state index in [1.54, 1.807) is 0 Å². The van der Waals surface area contributed by atoms with Crippen LogP contribution in [0.2, 0.25) is 0 Å². The van der Waals surface area contributed by atoms with Crippen molar-refractivity contribution in [3.63, 3.8) is 0 Å². The summed E-state index contributed by atoms with van der Waals surface area (Å²) in [5.41, 5.74) is 3.31. The number of nitrogens with one attached hydrogen (secondary N) is 4. The van der Waals surface area contributed by atoms with E-state index in [2.05, 4.69) is 50.6 Å². The summed E-state index contributed by atoms with van der Waals surface area (Å²) in [6.45, 7) is 4.50. The van der Waals surface area contributed by atoms with Gasteiger partial charge in [-0.15, -0.1) is 0 Å². The molecule has 0 radical (unpaired) electrons. The van der Waals surface area contributed by atoms with Crippen LogP contribution in [0.25, 0.3) is 0 Å². The highest BCUT2D eigenvalue weighted by molar-refractivity contribution is 4.92. The third kappa shape index (κ3) is 4.01. The van der Waals surface area contributed by atoms with Gasteiger partial charge in [0.1, 0.15) is 18.7 Å². The van der Waals surface area contributed by atoms with E-state index in [1.165, 1.54) is 32.1 Å². The van der Waals surface area contributed by atoms with Gasteiger partial charge in [0.15, 0.2) is 0 Å². The molecule has 144 valence electrons. The minimum Gasteiger partial charge on any atom is -0.331 e. The van der Waals surface area contributed by atoms with Crippen LogP contribution in [0, 0.1) is 5.92 Å². The summed E-state index contributed by atoms with van der Waals surface area (Å²) in [5.74, 6) is 0.627. The van der Waals surface area contributed by atoms with E-state index in [1.807, 2.05) is 0 Å². The lowest BCUT2D eigenvalue weighted by Crippen LogP contribution is -2.96. The molecular formula is C17H36N7O+. The van der Waals surface area contributed by atoms with Gasteiger partial charge in [-0.25, -0.2) is 0 Å². The number of nitrogens with two attached hydrogens (primary N) is 1. The first-order chi connectivity index (χ1) is 12.2. The molecule has 25 heavy (non-hydrogen) atoms. The van der Waals surface area contributed by atoms with Crippen molar-refractivity contribution in [1.29, 1.82) is 0 Å². The van der Waals surface area contributed by atoms with E-state index in [0.29, 0.717) is 24.4 Å². The third-order valence-corrected chi connectivity index (χ3v) is 6.40. The quantitative estimate of drug-likeness (QED) is 0.398. The number of rotatable bonds is 4. The highest BCUT2D eigenvalue weighted by Crippen LogP contribution is 2.26. The Labute approximate surface area is 151 Å². The second kappa shape index (κ2) is 8.14. The predicted octanol–water partition coefficient (Wildman–Crippen LogP) is -2.04. The lowest BCUT2D eigenvalue weighted by Gasteiger charge is -2.38. The number of likely N-dealkylation sites (tertiary alicyclic amines) is 1. The summed E-state index contributed by atoms with van der Waals surface area (Å²) in [7, 11) is 4.35. The maximum Gasteiger partial charge on any atom is 0.146 e. The maximum atomic E-state index is 6.02. The lowest BCUT2D eigenvalue weighted by atomic mass is 9.94. The zero-order chi connectivity index (χ0) is 17.2. The predicted molar refractivity (Wildman–Crippen MR) is 96.1 cm³/mol. The van der Waals surface area contributed by atoms with E-state index < -0.39 is 0 Å². The first-order valence-electron chi connectivity index (χ1n) is 10.1. The van der Waals surface area contributed by atoms with Crippen LogP contribution in [0.1, 0.15) is 32.1 Å². The fourth-order valence-corrected chi connectivity index (χ4v) is 4.87. The molecule has 0 amide bonds. The van der Waals surface area contributed by atoms with Gasteiger partial charge in [-0.1, -0.05) is 0 Å². The average Bonchev–Trinajstić information content (AvgIpc) is 3.32. The normalized spacial score (nSPS) is 41.6. The Bertz CT molecular complexity index is 423. The third-order valence-electron chi connectivity index (χ3n) is 6.40. The highest BCUT2D eigenvalue weighted by Gasteiger charge is 2.43. The fraction of sp³-hybridized carbons (Fsp3) is 1.00. The molecule has 4 aliphatic heterocycles. The van der Waals surface area contributed by atoms with Crippen LogP contribution in [0.3, 0.4) is 0 Å². The van der Waals surface area contributed by atoms with Gasteiger partial charge in [0.05, 0.1) is 18.8 Å². The number of piperidine rings is 1. The van der Waals surface area contributed by atoms with E-state index in [0.717, 1.165) is 26.2 Å². The molecule has 0 spiro atoms. The molecule has 4 aliphatic rings. The Morgan fingerprint density at radius 2 is 1.92 bits per heavy atom. The van der Waals surface area contributed by atoms with Crippen molar-refractivity contribution in [3.05, 3.63) is 0 Å². The number of quaternary nitrogens is 1. The molecule has 0 aromatic heterocycles. The zero-order valence-corrected chi connectivity index (χ0v) is 15.7. The van der Waals surface area contributed by atoms with Crippen molar-refractivity contribution in [1.82, 2.24) is 31.2 Å². The number of hydroxylamine groups is 1. The number of nitrogens with zero attached hydrogens (tertiary/aromatic N) is 2. The Morgan fingerprint density at radius 1 is 1.08 bits per heavy atom. The Balaban J connectivity index is 1.30. The van der Waals surface area contributed by atoms with Crippen molar-refractivity contribution in [2.75, 3.05) is 40.3 Å². The second-order valence-electron chi connectivity index (χ2n) is 8.25. The SMILES string of the molecule is CN(C)C1CCC(C2NOC(C3CCCN3C3NCCCN3)N2)C[NH2+]1. The van der Waals surface area contributed by atoms with Crippen molar-refractivity contribution in [2.45, 2.75) is 63.0 Å². The van der Waals surface area contributed by atoms with Gasteiger partial charge < -0.3 is 5.32 Å². The minimum atomic E-state index is 0.0876. The molecule has 4 fully saturated rings. The van der Waals surface area contributed by atoms with Crippen molar-refractivity contribution < 1.29 is 10.2 Å². The molecule has 5 unspecified atom stereocenters. The van der Waals surface area contributed by atoms with Crippen molar-refractivity contribution >= 4 is 0 Å². The number of hydrogen-bond donors (Lipinski definition) is 5. The summed E-state index contributed by atoms with van der Waals surface area (Å²) < 4.78 is 0. The van der Waals surface area contributed by atoms with E-state index in [-0.39, 0.29) is 12.4 Å². The summed E-state index contributed by atoms with van der Waals surface area (Å²) in [5, 5.41) is 13.4. The second-order valence-corrected chi connectivity index (χ2v) is 8.25.